The lowest BCUT2D eigenvalue weighted by Crippen LogP contribution is -1.97. The van der Waals surface area contributed by atoms with Crippen LogP contribution in [0.25, 0.3) is 0 Å². The van der Waals surface area contributed by atoms with Gasteiger partial charge in [-0.3, -0.25) is 4.99 Å². The molecule has 0 bridgehead atoms. The van der Waals surface area contributed by atoms with Crippen molar-refractivity contribution in [1.29, 1.82) is 0 Å². The summed E-state index contributed by atoms with van der Waals surface area (Å²) < 4.78 is 11.9. The van der Waals surface area contributed by atoms with Gasteiger partial charge in [-0.25, -0.2) is 0 Å². The maximum Gasteiger partial charge on any atom is 0.167 e. The van der Waals surface area contributed by atoms with Crippen molar-refractivity contribution in [2.24, 2.45) is 4.99 Å². The van der Waals surface area contributed by atoms with Gasteiger partial charge in [0.25, 0.3) is 0 Å². The first-order valence-corrected chi connectivity index (χ1v) is 2.05. The molecule has 7 heavy (non-hydrogen) atoms. The Hall–Kier alpha value is -0.630. The molecule has 0 saturated carbocycles. The Morgan fingerprint density at radius 1 is 2.00 bits per heavy atom. The van der Waals surface area contributed by atoms with Gasteiger partial charge in [-0.2, -0.15) is 0 Å². The zero-order chi connectivity index (χ0) is 6.04. The van der Waals surface area contributed by atoms with Crippen molar-refractivity contribution < 1.29 is 6.11 Å². The van der Waals surface area contributed by atoms with Gasteiger partial charge in [0.15, 0.2) is 6.20 Å². The van der Waals surface area contributed by atoms with E-state index < -0.39 is 6.20 Å². The fraction of sp³-hybridized carbons (Fsp3) is 0.400. The maximum absolute atomic E-state index is 7.22. The van der Waals surface area contributed by atoms with E-state index >= 15 is 0 Å². The summed E-state index contributed by atoms with van der Waals surface area (Å²) in [7, 11) is 1.46. The van der Waals surface area contributed by atoms with Crippen LogP contribution in [0.1, 0.15) is 1.37 Å². The fourth-order valence-corrected chi connectivity index (χ4v) is 0.406. The monoisotopic (exact) mass is 98.1 g/mol. The Labute approximate surface area is 43.9 Å². The Bertz CT molecular complexity index is 129. The highest BCUT2D eigenvalue weighted by Crippen LogP contribution is 1.97. The van der Waals surface area contributed by atoms with Gasteiger partial charge in [0, 0.05) is 13.3 Å². The summed E-state index contributed by atoms with van der Waals surface area (Å²) in [5.41, 5.74) is 0. The van der Waals surface area contributed by atoms with Crippen LogP contribution >= 0.6 is 0 Å². The molecule has 2 nitrogen and oxygen atoms in total. The minimum Gasteiger partial charge on any atom is -0.356 e. The molecule has 1 rings (SSSR count). The molecular formula is C5H7NO. The molecule has 2 heteroatoms. The van der Waals surface area contributed by atoms with Gasteiger partial charge in [0.05, 0.1) is 1.37 Å². The van der Waals surface area contributed by atoms with E-state index in [2.05, 4.69) is 9.73 Å². The first kappa shape index (κ1) is 3.38. The van der Waals surface area contributed by atoms with E-state index in [0.717, 1.165) is 0 Å². The topological polar surface area (TPSA) is 21.6 Å². The van der Waals surface area contributed by atoms with Crippen molar-refractivity contribution in [3.8, 4) is 0 Å². The Balaban J connectivity index is 2.69. The third-order valence-corrected chi connectivity index (χ3v) is 0.736. The molecule has 1 heterocycles. The van der Waals surface area contributed by atoms with Crippen LogP contribution in [-0.2, 0) is 4.74 Å². The van der Waals surface area contributed by atoms with E-state index in [0.29, 0.717) is 0 Å². The van der Waals surface area contributed by atoms with Crippen LogP contribution in [0.4, 0.5) is 0 Å². The Morgan fingerprint density at radius 3 is 3.14 bits per heavy atom. The summed E-state index contributed by atoms with van der Waals surface area (Å²) in [6.07, 6.45) is 3.69. The van der Waals surface area contributed by atoms with E-state index in [-0.39, 0.29) is 0 Å². The second-order valence-electron chi connectivity index (χ2n) is 1.18. The molecule has 1 aliphatic rings. The highest BCUT2D eigenvalue weighted by atomic mass is 16.5. The van der Waals surface area contributed by atoms with E-state index in [1.165, 1.54) is 7.11 Å². The zero-order valence-electron chi connectivity index (χ0n) is 5.09. The molecule has 0 fully saturated rings. The molecule has 0 unspecified atom stereocenters. The molecule has 0 aromatic heterocycles. The number of allylic oxidation sites excluding steroid dienone is 1. The van der Waals surface area contributed by atoms with Crippen LogP contribution in [0.5, 0.6) is 0 Å². The van der Waals surface area contributed by atoms with Crippen LogP contribution < -0.4 is 0 Å². The molecule has 0 aromatic carbocycles. The zero-order valence-corrected chi connectivity index (χ0v) is 4.09. The number of hydrogen-bond acceptors (Lipinski definition) is 2. The summed E-state index contributed by atoms with van der Waals surface area (Å²) in [5.74, 6) is 0. The molecule has 0 N–H and O–H groups in total. The minimum atomic E-state index is -1.12. The standard InChI is InChI=1S/C5H7NO/c1-7-5-3-2-4-6-5/h2-5H,1H3/t5-/m0/s1/i5D. The van der Waals surface area contributed by atoms with Crippen molar-refractivity contribution in [2.45, 2.75) is 6.20 Å². The van der Waals surface area contributed by atoms with Crippen LogP contribution in [0.2, 0.25) is 0 Å². The Kier molecular flexibility index (Phi) is 0.912. The van der Waals surface area contributed by atoms with Crippen LogP contribution in [0, 0.1) is 0 Å². The predicted molar refractivity (Wildman–Crippen MR) is 28.4 cm³/mol. The number of aliphatic imine (C=N–C) groups is 1. The van der Waals surface area contributed by atoms with Gasteiger partial charge in [-0.05, 0) is 12.2 Å². The second-order valence-corrected chi connectivity index (χ2v) is 1.18. The van der Waals surface area contributed by atoms with Gasteiger partial charge in [0.2, 0.25) is 0 Å². The average Bonchev–Trinajstić information content (AvgIpc) is 2.17. The number of methoxy groups -OCH3 is 1. The largest absolute Gasteiger partial charge is 0.356 e. The summed E-state index contributed by atoms with van der Waals surface area (Å²) in [4.78, 5) is 3.69. The summed E-state index contributed by atoms with van der Waals surface area (Å²) in [6, 6.07) is 0. The predicted octanol–water partition coefficient (Wildman–Crippen LogP) is 0.600. The lowest BCUT2D eigenvalue weighted by Gasteiger charge is -1.96. The Morgan fingerprint density at radius 2 is 2.86 bits per heavy atom. The molecule has 0 saturated heterocycles. The second kappa shape index (κ2) is 1.89. The van der Waals surface area contributed by atoms with Crippen molar-refractivity contribution in [3.63, 3.8) is 0 Å². The smallest absolute Gasteiger partial charge is 0.167 e. The average molecular weight is 98.1 g/mol. The molecule has 0 amide bonds. The van der Waals surface area contributed by atoms with E-state index in [1.807, 2.05) is 0 Å². The highest BCUT2D eigenvalue weighted by molar-refractivity contribution is 5.73. The van der Waals surface area contributed by atoms with Crippen LogP contribution in [0.3, 0.4) is 0 Å². The first-order chi connectivity index (χ1) is 3.77. The van der Waals surface area contributed by atoms with E-state index in [9.17, 15) is 0 Å². The quantitative estimate of drug-likeness (QED) is 0.470. The number of ether oxygens (including phenoxy) is 1. The normalized spacial score (nSPS) is 39.3. The maximum atomic E-state index is 7.22. The van der Waals surface area contributed by atoms with Crippen LogP contribution in [-0.4, -0.2) is 19.5 Å². The molecule has 0 aliphatic carbocycles. The summed E-state index contributed by atoms with van der Waals surface area (Å²) in [6.45, 7) is 0. The van der Waals surface area contributed by atoms with Crippen LogP contribution in [0.15, 0.2) is 17.1 Å². The molecule has 0 radical (unpaired) electrons. The van der Waals surface area contributed by atoms with E-state index in [4.69, 9.17) is 1.37 Å². The summed E-state index contributed by atoms with van der Waals surface area (Å²) in [5, 5.41) is 0. The third-order valence-electron chi connectivity index (χ3n) is 0.736. The van der Waals surface area contributed by atoms with Gasteiger partial charge in [-0.15, -0.1) is 0 Å². The molecule has 1 atom stereocenters. The number of hydrogen-bond donors (Lipinski definition) is 0. The van der Waals surface area contributed by atoms with Gasteiger partial charge in [0.1, 0.15) is 0 Å². The molecule has 0 aromatic rings. The van der Waals surface area contributed by atoms with E-state index in [1.54, 1.807) is 18.4 Å². The lowest BCUT2D eigenvalue weighted by molar-refractivity contribution is 0.151. The van der Waals surface area contributed by atoms with Gasteiger partial charge in [-0.1, -0.05) is 0 Å². The van der Waals surface area contributed by atoms with Crippen molar-refractivity contribution in [1.82, 2.24) is 0 Å². The molecule has 38 valence electrons. The number of rotatable bonds is 1. The molecular weight excluding hydrogens is 90.1 g/mol. The van der Waals surface area contributed by atoms with Gasteiger partial charge < -0.3 is 4.74 Å². The fourth-order valence-electron chi connectivity index (χ4n) is 0.406. The molecule has 0 spiro atoms. The van der Waals surface area contributed by atoms with Crippen molar-refractivity contribution in [2.75, 3.05) is 7.11 Å². The lowest BCUT2D eigenvalue weighted by atomic mass is 10.5. The third kappa shape index (κ3) is 0.871. The molecule has 1 aliphatic heterocycles. The van der Waals surface area contributed by atoms with Crippen molar-refractivity contribution >= 4 is 6.21 Å². The first-order valence-electron chi connectivity index (χ1n) is 2.55. The SMILES string of the molecule is [2H][C@]1(OC)C=CC=N1. The van der Waals surface area contributed by atoms with Gasteiger partial charge >= 0.3 is 0 Å². The highest BCUT2D eigenvalue weighted by Gasteiger charge is 1.97. The number of nitrogens with zero attached hydrogens (tertiary/aromatic N) is 1. The summed E-state index contributed by atoms with van der Waals surface area (Å²) >= 11 is 0. The van der Waals surface area contributed by atoms with Crippen molar-refractivity contribution in [3.05, 3.63) is 12.2 Å². The minimum absolute atomic E-state index is 1.12.